The quantitative estimate of drug-likeness (QED) is 0.426. The maximum absolute atomic E-state index is 12.0. The smallest absolute Gasteiger partial charge is 0.237 e. The van der Waals surface area contributed by atoms with Crippen LogP contribution in [0.25, 0.3) is 0 Å². The number of rotatable bonds is 2. The van der Waals surface area contributed by atoms with E-state index < -0.39 is 14.1 Å². The molecule has 0 aliphatic heterocycles. The van der Waals surface area contributed by atoms with Crippen LogP contribution in [0, 0.1) is 0 Å². The fourth-order valence-corrected chi connectivity index (χ4v) is 0.601. The van der Waals surface area contributed by atoms with Gasteiger partial charge in [-0.15, -0.1) is 0 Å². The van der Waals surface area contributed by atoms with Crippen molar-refractivity contribution in [3.63, 3.8) is 0 Å². The number of hydrogen-bond acceptors (Lipinski definition) is 0. The number of halogens is 3. The molecular weight excluding hydrogens is 145 g/mol. The van der Waals surface area contributed by atoms with E-state index in [1.165, 1.54) is 13.8 Å². The predicted octanol–water partition coefficient (Wildman–Crippen LogP) is 3.02. The van der Waals surface area contributed by atoms with Gasteiger partial charge >= 0.3 is 9.08 Å². The van der Waals surface area contributed by atoms with Crippen LogP contribution in [0.1, 0.15) is 27.2 Å². The third-order valence-corrected chi connectivity index (χ3v) is 3.54. The van der Waals surface area contributed by atoms with Gasteiger partial charge in [0, 0.05) is 5.04 Å². The molecule has 0 aromatic rings. The first-order chi connectivity index (χ1) is 3.81. The van der Waals surface area contributed by atoms with Crippen LogP contribution >= 0.6 is 0 Å². The molecule has 0 aromatic carbocycles. The summed E-state index contributed by atoms with van der Waals surface area (Å²) >= 11 is 0. The Morgan fingerprint density at radius 3 is 1.56 bits per heavy atom. The Balaban J connectivity index is 4.14. The Hall–Kier alpha value is 0.00688. The van der Waals surface area contributed by atoms with E-state index >= 15 is 0 Å². The normalized spacial score (nSPS) is 14.0. The summed E-state index contributed by atoms with van der Waals surface area (Å²) in [6.45, 7) is 4.10. The topological polar surface area (TPSA) is 0 Å². The summed E-state index contributed by atoms with van der Waals surface area (Å²) in [5.41, 5.74) is 0. The highest BCUT2D eigenvalue weighted by Crippen LogP contribution is 2.42. The molecule has 0 spiro atoms. The average molecular weight is 156 g/mol. The minimum atomic E-state index is -5.38. The van der Waals surface area contributed by atoms with Gasteiger partial charge in [-0.25, -0.2) is 12.3 Å². The fraction of sp³-hybridized carbons (Fsp3) is 1.00. The molecule has 56 valence electrons. The molecule has 0 bridgehead atoms. The molecule has 0 aliphatic rings. The molecule has 0 unspecified atom stereocenters. The maximum Gasteiger partial charge on any atom is 0.622 e. The molecule has 4 heteroatoms. The molecule has 0 fully saturated rings. The molecule has 0 N–H and O–H groups in total. The molecule has 0 atom stereocenters. The second-order valence-corrected chi connectivity index (χ2v) is 5.08. The van der Waals surface area contributed by atoms with E-state index in [1.807, 2.05) is 0 Å². The van der Waals surface area contributed by atoms with Gasteiger partial charge in [-0.2, -0.15) is 0 Å². The first-order valence-electron chi connectivity index (χ1n) is 2.88. The van der Waals surface area contributed by atoms with Crippen molar-refractivity contribution < 1.29 is 12.3 Å². The Bertz CT molecular complexity index is 94.9. The lowest BCUT2D eigenvalue weighted by Crippen LogP contribution is -2.30. The summed E-state index contributed by atoms with van der Waals surface area (Å²) in [5.74, 6) is 0. The minimum absolute atomic E-state index is 0.197. The van der Waals surface area contributed by atoms with Gasteiger partial charge in [0.2, 0.25) is 0 Å². The summed E-state index contributed by atoms with van der Waals surface area (Å²) in [5, 5.41) is -1.38. The van der Waals surface area contributed by atoms with Gasteiger partial charge in [-0.05, 0) is 6.42 Å². The zero-order valence-electron chi connectivity index (χ0n) is 5.84. The number of hydrogen-bond donors (Lipinski definition) is 0. The lowest BCUT2D eigenvalue weighted by Gasteiger charge is -2.22. The van der Waals surface area contributed by atoms with Crippen LogP contribution in [0.15, 0.2) is 0 Å². The van der Waals surface area contributed by atoms with E-state index in [2.05, 4.69) is 0 Å². The SMILES string of the molecule is CCC(C)(C)[Si](F)(F)F. The highest BCUT2D eigenvalue weighted by Gasteiger charge is 2.52. The maximum atomic E-state index is 12.0. The van der Waals surface area contributed by atoms with Gasteiger partial charge in [0.05, 0.1) is 0 Å². The van der Waals surface area contributed by atoms with Gasteiger partial charge in [-0.1, -0.05) is 20.8 Å². The highest BCUT2D eigenvalue weighted by molar-refractivity contribution is 6.61. The summed E-state index contributed by atoms with van der Waals surface area (Å²) in [7, 11) is -5.38. The molecule has 0 aromatic heterocycles. The Kier molecular flexibility index (Phi) is 2.33. The van der Waals surface area contributed by atoms with E-state index in [-0.39, 0.29) is 6.42 Å². The van der Waals surface area contributed by atoms with E-state index in [9.17, 15) is 12.3 Å². The third-order valence-electron chi connectivity index (χ3n) is 1.65. The second-order valence-electron chi connectivity index (χ2n) is 2.74. The van der Waals surface area contributed by atoms with Crippen molar-refractivity contribution in [1.29, 1.82) is 0 Å². The average Bonchev–Trinajstić information content (AvgIpc) is 1.64. The van der Waals surface area contributed by atoms with Crippen LogP contribution in [0.4, 0.5) is 12.3 Å². The van der Waals surface area contributed by atoms with Crippen molar-refractivity contribution in [2.24, 2.45) is 0 Å². The second kappa shape index (κ2) is 2.32. The zero-order chi connectivity index (χ0) is 7.71. The highest BCUT2D eigenvalue weighted by atomic mass is 28.5. The van der Waals surface area contributed by atoms with Gasteiger partial charge in [0.1, 0.15) is 0 Å². The van der Waals surface area contributed by atoms with Crippen molar-refractivity contribution in [2.75, 3.05) is 0 Å². The predicted molar refractivity (Wildman–Crippen MR) is 33.4 cm³/mol. The van der Waals surface area contributed by atoms with Gasteiger partial charge in [0.15, 0.2) is 0 Å². The summed E-state index contributed by atoms with van der Waals surface area (Å²) < 4.78 is 35.9. The monoisotopic (exact) mass is 156 g/mol. The Labute approximate surface area is 54.6 Å². The minimum Gasteiger partial charge on any atom is -0.237 e. The van der Waals surface area contributed by atoms with E-state index in [4.69, 9.17) is 0 Å². The van der Waals surface area contributed by atoms with Crippen LogP contribution in [0.2, 0.25) is 5.04 Å². The van der Waals surface area contributed by atoms with Crippen molar-refractivity contribution in [1.82, 2.24) is 0 Å². The van der Waals surface area contributed by atoms with Crippen molar-refractivity contribution in [3.8, 4) is 0 Å². The summed E-state index contributed by atoms with van der Waals surface area (Å²) in [6, 6.07) is 0. The van der Waals surface area contributed by atoms with Crippen molar-refractivity contribution >= 4 is 9.08 Å². The van der Waals surface area contributed by atoms with Crippen molar-refractivity contribution in [2.45, 2.75) is 32.2 Å². The first kappa shape index (κ1) is 9.01. The molecule has 0 rings (SSSR count). The standard InChI is InChI=1S/C5H11F3Si/c1-4-5(2,3)9(6,7)8/h4H2,1-3H3. The summed E-state index contributed by atoms with van der Waals surface area (Å²) in [4.78, 5) is 0. The van der Waals surface area contributed by atoms with Crippen LogP contribution < -0.4 is 0 Å². The lowest BCUT2D eigenvalue weighted by atomic mass is 10.1. The van der Waals surface area contributed by atoms with E-state index in [0.717, 1.165) is 0 Å². The Morgan fingerprint density at radius 2 is 1.56 bits per heavy atom. The Morgan fingerprint density at radius 1 is 1.22 bits per heavy atom. The first-order valence-corrected chi connectivity index (χ1v) is 4.51. The third kappa shape index (κ3) is 2.00. The molecule has 0 amide bonds. The van der Waals surface area contributed by atoms with E-state index in [1.54, 1.807) is 6.92 Å². The van der Waals surface area contributed by atoms with E-state index in [0.29, 0.717) is 0 Å². The molecule has 9 heavy (non-hydrogen) atoms. The fourth-order valence-electron chi connectivity index (χ4n) is 0.200. The molecular formula is C5H11F3Si. The summed E-state index contributed by atoms with van der Waals surface area (Å²) in [6.07, 6.45) is 0.197. The molecule has 0 aliphatic carbocycles. The van der Waals surface area contributed by atoms with Gasteiger partial charge in [0.25, 0.3) is 0 Å². The molecule has 0 radical (unpaired) electrons. The van der Waals surface area contributed by atoms with Crippen molar-refractivity contribution in [3.05, 3.63) is 0 Å². The molecule has 0 heterocycles. The molecule has 0 saturated heterocycles. The van der Waals surface area contributed by atoms with Crippen LogP contribution in [-0.2, 0) is 0 Å². The molecule has 0 saturated carbocycles. The molecule has 0 nitrogen and oxygen atoms in total. The largest absolute Gasteiger partial charge is 0.622 e. The van der Waals surface area contributed by atoms with Crippen LogP contribution in [0.3, 0.4) is 0 Å². The van der Waals surface area contributed by atoms with Gasteiger partial charge < -0.3 is 0 Å². The zero-order valence-corrected chi connectivity index (χ0v) is 6.84. The lowest BCUT2D eigenvalue weighted by molar-refractivity contribution is 0.376. The van der Waals surface area contributed by atoms with Crippen LogP contribution in [-0.4, -0.2) is 9.08 Å². The van der Waals surface area contributed by atoms with Crippen LogP contribution in [0.5, 0.6) is 0 Å². The van der Waals surface area contributed by atoms with Gasteiger partial charge in [-0.3, -0.25) is 0 Å².